The van der Waals surface area contributed by atoms with Gasteiger partial charge in [-0.3, -0.25) is 0 Å². The van der Waals surface area contributed by atoms with E-state index in [1.54, 1.807) is 7.11 Å². The highest BCUT2D eigenvalue weighted by molar-refractivity contribution is 7.99. The second-order valence-corrected chi connectivity index (χ2v) is 5.88. The molecule has 1 heterocycles. The van der Waals surface area contributed by atoms with E-state index in [9.17, 15) is 0 Å². The maximum absolute atomic E-state index is 5.39. The normalized spacial score (nSPS) is 20.1. The summed E-state index contributed by atoms with van der Waals surface area (Å²) in [7, 11) is 3.91. The minimum absolute atomic E-state index is 0.614. The predicted octanol–water partition coefficient (Wildman–Crippen LogP) is 1.83. The van der Waals surface area contributed by atoms with Crippen LogP contribution >= 0.6 is 11.8 Å². The Balaban J connectivity index is 1.87. The molecule has 1 aromatic rings. The van der Waals surface area contributed by atoms with Gasteiger partial charge in [0.25, 0.3) is 0 Å². The highest BCUT2D eigenvalue weighted by Crippen LogP contribution is 2.19. The van der Waals surface area contributed by atoms with Gasteiger partial charge in [0, 0.05) is 42.7 Å². The summed E-state index contributed by atoms with van der Waals surface area (Å²) in [6, 6.07) is 8.86. The molecule has 3 nitrogen and oxygen atoms in total. The average molecular weight is 266 g/mol. The third kappa shape index (κ3) is 3.90. The number of rotatable bonds is 5. The average Bonchev–Trinajstić information content (AvgIpc) is 2.40. The molecule has 0 bridgehead atoms. The molecule has 1 aliphatic rings. The molecule has 0 saturated carbocycles. The Morgan fingerprint density at radius 1 is 1.44 bits per heavy atom. The smallest absolute Gasteiger partial charge is 0.123 e. The van der Waals surface area contributed by atoms with Gasteiger partial charge in [-0.25, -0.2) is 0 Å². The lowest BCUT2D eigenvalue weighted by molar-refractivity contribution is 0.286. The molecule has 1 aliphatic heterocycles. The van der Waals surface area contributed by atoms with Crippen molar-refractivity contribution >= 4 is 11.8 Å². The van der Waals surface area contributed by atoms with Gasteiger partial charge in [-0.2, -0.15) is 11.8 Å². The van der Waals surface area contributed by atoms with Crippen LogP contribution in [0.4, 0.5) is 0 Å². The second-order valence-electron chi connectivity index (χ2n) is 4.73. The molecule has 2 rings (SSSR count). The van der Waals surface area contributed by atoms with Crippen LogP contribution in [-0.2, 0) is 6.54 Å². The first-order valence-electron chi connectivity index (χ1n) is 6.41. The van der Waals surface area contributed by atoms with E-state index < -0.39 is 0 Å². The van der Waals surface area contributed by atoms with Crippen molar-refractivity contribution in [3.8, 4) is 5.75 Å². The first kappa shape index (κ1) is 13.7. The van der Waals surface area contributed by atoms with Crippen molar-refractivity contribution in [2.45, 2.75) is 12.6 Å². The highest BCUT2D eigenvalue weighted by atomic mass is 32.2. The molecule has 0 radical (unpaired) electrons. The number of hydrogen-bond acceptors (Lipinski definition) is 4. The molecule has 0 aromatic heterocycles. The number of methoxy groups -OCH3 is 1. The summed E-state index contributed by atoms with van der Waals surface area (Å²) in [5.41, 5.74) is 1.26. The lowest BCUT2D eigenvalue weighted by Crippen LogP contribution is -2.44. The number of likely N-dealkylation sites (N-methyl/N-ethyl adjacent to an activating group) is 1. The highest BCUT2D eigenvalue weighted by Gasteiger charge is 2.15. The topological polar surface area (TPSA) is 24.5 Å². The summed E-state index contributed by atoms with van der Waals surface area (Å²) in [5, 5.41) is 3.57. The molecule has 1 N–H and O–H groups in total. The minimum Gasteiger partial charge on any atom is -0.496 e. The summed E-state index contributed by atoms with van der Waals surface area (Å²) < 4.78 is 5.39. The van der Waals surface area contributed by atoms with Crippen LogP contribution in [0.25, 0.3) is 0 Å². The van der Waals surface area contributed by atoms with Crippen LogP contribution in [0.1, 0.15) is 5.56 Å². The van der Waals surface area contributed by atoms with Crippen LogP contribution < -0.4 is 10.1 Å². The first-order valence-corrected chi connectivity index (χ1v) is 7.56. The maximum atomic E-state index is 5.39. The van der Waals surface area contributed by atoms with E-state index >= 15 is 0 Å². The van der Waals surface area contributed by atoms with Crippen molar-refractivity contribution in [2.75, 3.05) is 38.8 Å². The van der Waals surface area contributed by atoms with Crippen LogP contribution in [0.5, 0.6) is 5.75 Å². The standard InChI is InChI=1S/C14H22N2OS/c1-16(10-13-11-18-8-7-15-13)9-12-5-3-4-6-14(12)17-2/h3-6,13,15H,7-11H2,1-2H3. The molecule has 1 saturated heterocycles. The van der Waals surface area contributed by atoms with Gasteiger partial charge >= 0.3 is 0 Å². The van der Waals surface area contributed by atoms with Crippen LogP contribution in [-0.4, -0.2) is 49.7 Å². The molecule has 1 unspecified atom stereocenters. The van der Waals surface area contributed by atoms with Crippen molar-refractivity contribution in [1.29, 1.82) is 0 Å². The van der Waals surface area contributed by atoms with Crippen molar-refractivity contribution in [1.82, 2.24) is 10.2 Å². The largest absolute Gasteiger partial charge is 0.496 e. The third-order valence-corrected chi connectivity index (χ3v) is 4.29. The Morgan fingerprint density at radius 3 is 3.00 bits per heavy atom. The third-order valence-electron chi connectivity index (χ3n) is 3.16. The molecule has 1 atom stereocenters. The lowest BCUT2D eigenvalue weighted by Gasteiger charge is -2.28. The first-order chi connectivity index (χ1) is 8.79. The molecule has 0 aliphatic carbocycles. The van der Waals surface area contributed by atoms with E-state index in [0.29, 0.717) is 6.04 Å². The maximum Gasteiger partial charge on any atom is 0.123 e. The number of ether oxygens (including phenoxy) is 1. The van der Waals surface area contributed by atoms with Crippen LogP contribution in [0.3, 0.4) is 0 Å². The van der Waals surface area contributed by atoms with Gasteiger partial charge in [-0.15, -0.1) is 0 Å². The fourth-order valence-electron chi connectivity index (χ4n) is 2.30. The van der Waals surface area contributed by atoms with E-state index in [-0.39, 0.29) is 0 Å². The fraction of sp³-hybridized carbons (Fsp3) is 0.571. The molecule has 4 heteroatoms. The van der Waals surface area contributed by atoms with Crippen molar-refractivity contribution in [2.24, 2.45) is 0 Å². The lowest BCUT2D eigenvalue weighted by atomic mass is 10.2. The number of benzene rings is 1. The number of nitrogens with zero attached hydrogens (tertiary/aromatic N) is 1. The SMILES string of the molecule is COc1ccccc1CN(C)CC1CSCCN1. The zero-order valence-electron chi connectivity index (χ0n) is 11.2. The Hall–Kier alpha value is -0.710. The molecule has 18 heavy (non-hydrogen) atoms. The summed E-state index contributed by atoms with van der Waals surface area (Å²) >= 11 is 2.05. The van der Waals surface area contributed by atoms with Gasteiger partial charge in [0.15, 0.2) is 0 Å². The van der Waals surface area contributed by atoms with E-state index in [2.05, 4.69) is 29.4 Å². The van der Waals surface area contributed by atoms with E-state index in [0.717, 1.165) is 25.4 Å². The van der Waals surface area contributed by atoms with Crippen LogP contribution in [0.15, 0.2) is 24.3 Å². The number of para-hydroxylation sites is 1. The van der Waals surface area contributed by atoms with Crippen molar-refractivity contribution in [3.05, 3.63) is 29.8 Å². The predicted molar refractivity (Wildman–Crippen MR) is 78.4 cm³/mol. The summed E-state index contributed by atoms with van der Waals surface area (Å²) in [4.78, 5) is 2.36. The van der Waals surface area contributed by atoms with Gasteiger partial charge in [-0.05, 0) is 13.1 Å². The van der Waals surface area contributed by atoms with Gasteiger partial charge in [0.1, 0.15) is 5.75 Å². The number of thioether (sulfide) groups is 1. The van der Waals surface area contributed by atoms with E-state index in [4.69, 9.17) is 4.74 Å². The van der Waals surface area contributed by atoms with Crippen molar-refractivity contribution in [3.63, 3.8) is 0 Å². The molecule has 0 amide bonds. The van der Waals surface area contributed by atoms with E-state index in [1.165, 1.54) is 17.1 Å². The van der Waals surface area contributed by atoms with Gasteiger partial charge in [-0.1, -0.05) is 18.2 Å². The summed E-state index contributed by atoms with van der Waals surface area (Å²) in [6.07, 6.45) is 0. The molecule has 1 fully saturated rings. The van der Waals surface area contributed by atoms with Gasteiger partial charge in [0.05, 0.1) is 7.11 Å². The number of nitrogens with one attached hydrogen (secondary N) is 1. The fourth-order valence-corrected chi connectivity index (χ4v) is 3.24. The molecular formula is C14H22N2OS. The molecule has 1 aromatic carbocycles. The summed E-state index contributed by atoms with van der Waals surface area (Å²) in [5.74, 6) is 3.44. The molecule has 100 valence electrons. The van der Waals surface area contributed by atoms with Gasteiger partial charge < -0.3 is 15.0 Å². The van der Waals surface area contributed by atoms with Gasteiger partial charge in [0.2, 0.25) is 0 Å². The second kappa shape index (κ2) is 7.02. The van der Waals surface area contributed by atoms with E-state index in [1.807, 2.05) is 23.9 Å². The number of hydrogen-bond donors (Lipinski definition) is 1. The monoisotopic (exact) mass is 266 g/mol. The minimum atomic E-state index is 0.614. The zero-order valence-corrected chi connectivity index (χ0v) is 12.0. The summed E-state index contributed by atoms with van der Waals surface area (Å²) in [6.45, 7) is 3.16. The molecule has 0 spiro atoms. The zero-order chi connectivity index (χ0) is 12.8. The molecular weight excluding hydrogens is 244 g/mol. The Bertz CT molecular complexity index is 367. The van der Waals surface area contributed by atoms with Crippen LogP contribution in [0.2, 0.25) is 0 Å². The Labute approximate surface area is 114 Å². The van der Waals surface area contributed by atoms with Crippen molar-refractivity contribution < 1.29 is 4.74 Å². The quantitative estimate of drug-likeness (QED) is 0.879. The van der Waals surface area contributed by atoms with Crippen LogP contribution in [0, 0.1) is 0 Å². The Kier molecular flexibility index (Phi) is 5.35. The Morgan fingerprint density at radius 2 is 2.28 bits per heavy atom.